The highest BCUT2D eigenvalue weighted by molar-refractivity contribution is 5.89. The predicted octanol–water partition coefficient (Wildman–Crippen LogP) is 4.63. The molecule has 4 aromatic rings. The second kappa shape index (κ2) is 6.04. The molecule has 0 bridgehead atoms. The fourth-order valence-electron chi connectivity index (χ4n) is 4.74. The van der Waals surface area contributed by atoms with Gasteiger partial charge in [-0.3, -0.25) is 0 Å². The SMILES string of the molecule is Nc1cc(O)ccc1C1(c2ccc(O)cc2N)c2ccccc2-c2ccccc21. The molecule has 0 fully saturated rings. The minimum atomic E-state index is -0.761. The molecule has 0 aromatic heterocycles. The molecule has 0 amide bonds. The molecule has 0 atom stereocenters. The monoisotopic (exact) mass is 380 g/mol. The molecular formula is C25H20N2O2. The highest BCUT2D eigenvalue weighted by atomic mass is 16.3. The molecule has 0 saturated carbocycles. The quantitative estimate of drug-likeness (QED) is 0.336. The van der Waals surface area contributed by atoms with E-state index in [1.54, 1.807) is 24.3 Å². The van der Waals surface area contributed by atoms with E-state index in [1.807, 2.05) is 36.4 Å². The number of nitrogen functional groups attached to an aromatic ring is 2. The van der Waals surface area contributed by atoms with Gasteiger partial charge in [0.05, 0.1) is 5.41 Å². The van der Waals surface area contributed by atoms with Crippen LogP contribution in [0.1, 0.15) is 22.3 Å². The third kappa shape index (κ3) is 2.26. The molecule has 4 aromatic carbocycles. The summed E-state index contributed by atoms with van der Waals surface area (Å²) in [6.07, 6.45) is 0. The van der Waals surface area contributed by atoms with E-state index < -0.39 is 5.41 Å². The number of phenols is 2. The summed E-state index contributed by atoms with van der Waals surface area (Å²) in [6.45, 7) is 0. The van der Waals surface area contributed by atoms with Crippen LogP contribution in [0.5, 0.6) is 11.5 Å². The average Bonchev–Trinajstić information content (AvgIpc) is 3.00. The van der Waals surface area contributed by atoms with Gasteiger partial charge < -0.3 is 21.7 Å². The molecule has 4 heteroatoms. The number of nitrogens with two attached hydrogens (primary N) is 2. The zero-order valence-corrected chi connectivity index (χ0v) is 15.6. The molecule has 0 radical (unpaired) electrons. The Morgan fingerprint density at radius 3 is 1.34 bits per heavy atom. The number of phenolic OH excluding ortho intramolecular Hbond substituents is 2. The van der Waals surface area contributed by atoms with Crippen molar-refractivity contribution < 1.29 is 10.2 Å². The van der Waals surface area contributed by atoms with Crippen LogP contribution in [0, 0.1) is 0 Å². The number of hydrogen-bond donors (Lipinski definition) is 4. The molecular weight excluding hydrogens is 360 g/mol. The van der Waals surface area contributed by atoms with Gasteiger partial charge in [0, 0.05) is 23.5 Å². The molecule has 0 aliphatic heterocycles. The van der Waals surface area contributed by atoms with Gasteiger partial charge in [0.15, 0.2) is 0 Å². The van der Waals surface area contributed by atoms with E-state index in [0.717, 1.165) is 33.4 Å². The van der Waals surface area contributed by atoms with Crippen LogP contribution in [0.3, 0.4) is 0 Å². The zero-order chi connectivity index (χ0) is 20.2. The summed E-state index contributed by atoms with van der Waals surface area (Å²) in [4.78, 5) is 0. The molecule has 29 heavy (non-hydrogen) atoms. The lowest BCUT2D eigenvalue weighted by Crippen LogP contribution is -2.30. The first-order valence-corrected chi connectivity index (χ1v) is 9.41. The Bertz CT molecular complexity index is 1160. The Kier molecular flexibility index (Phi) is 3.58. The van der Waals surface area contributed by atoms with Crippen molar-refractivity contribution in [2.24, 2.45) is 0 Å². The van der Waals surface area contributed by atoms with Crippen molar-refractivity contribution in [1.29, 1.82) is 0 Å². The predicted molar refractivity (Wildman–Crippen MR) is 116 cm³/mol. The normalized spacial score (nSPS) is 13.7. The zero-order valence-electron chi connectivity index (χ0n) is 15.6. The molecule has 0 spiro atoms. The molecule has 0 heterocycles. The van der Waals surface area contributed by atoms with Gasteiger partial charge >= 0.3 is 0 Å². The molecule has 142 valence electrons. The molecule has 1 aliphatic rings. The first kappa shape index (κ1) is 17.2. The van der Waals surface area contributed by atoms with Gasteiger partial charge in [-0.25, -0.2) is 0 Å². The van der Waals surface area contributed by atoms with Gasteiger partial charge in [-0.15, -0.1) is 0 Å². The summed E-state index contributed by atoms with van der Waals surface area (Å²) in [5, 5.41) is 20.0. The van der Waals surface area contributed by atoms with Gasteiger partial charge in [-0.2, -0.15) is 0 Å². The first-order valence-electron chi connectivity index (χ1n) is 9.41. The largest absolute Gasteiger partial charge is 0.508 e. The van der Waals surface area contributed by atoms with Crippen molar-refractivity contribution in [1.82, 2.24) is 0 Å². The van der Waals surface area contributed by atoms with E-state index in [2.05, 4.69) is 24.3 Å². The third-order valence-electron chi connectivity index (χ3n) is 5.83. The first-order chi connectivity index (χ1) is 14.0. The summed E-state index contributed by atoms with van der Waals surface area (Å²) < 4.78 is 0. The fourth-order valence-corrected chi connectivity index (χ4v) is 4.74. The molecule has 0 saturated heterocycles. The van der Waals surface area contributed by atoms with Crippen LogP contribution in [-0.2, 0) is 5.41 Å². The maximum absolute atomic E-state index is 9.98. The molecule has 0 unspecified atom stereocenters. The smallest absolute Gasteiger partial charge is 0.117 e. The summed E-state index contributed by atoms with van der Waals surface area (Å²) in [5.41, 5.74) is 19.2. The lowest BCUT2D eigenvalue weighted by Gasteiger charge is -2.35. The Balaban J connectivity index is 2.00. The molecule has 5 rings (SSSR count). The fraction of sp³-hybridized carbons (Fsp3) is 0.0400. The van der Waals surface area contributed by atoms with Crippen LogP contribution in [0.4, 0.5) is 11.4 Å². The lowest BCUT2D eigenvalue weighted by molar-refractivity contribution is 0.475. The van der Waals surface area contributed by atoms with Crippen molar-refractivity contribution >= 4 is 11.4 Å². The summed E-state index contributed by atoms with van der Waals surface area (Å²) >= 11 is 0. The Morgan fingerprint density at radius 1 is 0.517 bits per heavy atom. The van der Waals surface area contributed by atoms with Crippen LogP contribution >= 0.6 is 0 Å². The van der Waals surface area contributed by atoms with E-state index in [0.29, 0.717) is 11.4 Å². The number of aromatic hydroxyl groups is 2. The van der Waals surface area contributed by atoms with Crippen molar-refractivity contribution in [3.8, 4) is 22.6 Å². The number of hydrogen-bond acceptors (Lipinski definition) is 4. The number of anilines is 2. The van der Waals surface area contributed by atoms with Crippen LogP contribution in [0.2, 0.25) is 0 Å². The Hall–Kier alpha value is -3.92. The van der Waals surface area contributed by atoms with Crippen LogP contribution in [-0.4, -0.2) is 10.2 Å². The number of benzene rings is 4. The van der Waals surface area contributed by atoms with E-state index in [1.165, 1.54) is 0 Å². The minimum Gasteiger partial charge on any atom is -0.508 e. The second-order valence-corrected chi connectivity index (χ2v) is 7.38. The maximum atomic E-state index is 9.98. The van der Waals surface area contributed by atoms with Gasteiger partial charge in [0.25, 0.3) is 0 Å². The highest BCUT2D eigenvalue weighted by Crippen LogP contribution is 2.58. The van der Waals surface area contributed by atoms with Crippen LogP contribution in [0.25, 0.3) is 11.1 Å². The highest BCUT2D eigenvalue weighted by Gasteiger charge is 2.47. The van der Waals surface area contributed by atoms with E-state index in [9.17, 15) is 10.2 Å². The average molecular weight is 380 g/mol. The summed E-state index contributed by atoms with van der Waals surface area (Å²) in [6, 6.07) is 26.6. The van der Waals surface area contributed by atoms with Gasteiger partial charge in [-0.05, 0) is 45.5 Å². The maximum Gasteiger partial charge on any atom is 0.117 e. The lowest BCUT2D eigenvalue weighted by atomic mass is 9.66. The molecule has 4 nitrogen and oxygen atoms in total. The minimum absolute atomic E-state index is 0.111. The third-order valence-corrected chi connectivity index (χ3v) is 5.83. The molecule has 6 N–H and O–H groups in total. The summed E-state index contributed by atoms with van der Waals surface area (Å²) in [5.74, 6) is 0.222. The Labute approximate surface area is 168 Å². The van der Waals surface area contributed by atoms with Crippen molar-refractivity contribution in [3.63, 3.8) is 0 Å². The number of fused-ring (bicyclic) bond motifs is 3. The van der Waals surface area contributed by atoms with Crippen molar-refractivity contribution in [3.05, 3.63) is 107 Å². The second-order valence-electron chi connectivity index (χ2n) is 7.38. The van der Waals surface area contributed by atoms with Crippen molar-refractivity contribution in [2.75, 3.05) is 11.5 Å². The van der Waals surface area contributed by atoms with Gasteiger partial charge in [0.1, 0.15) is 11.5 Å². The van der Waals surface area contributed by atoms with Crippen LogP contribution < -0.4 is 11.5 Å². The van der Waals surface area contributed by atoms with E-state index >= 15 is 0 Å². The van der Waals surface area contributed by atoms with E-state index in [4.69, 9.17) is 11.5 Å². The summed E-state index contributed by atoms with van der Waals surface area (Å²) in [7, 11) is 0. The van der Waals surface area contributed by atoms with E-state index in [-0.39, 0.29) is 11.5 Å². The molecule has 1 aliphatic carbocycles. The Morgan fingerprint density at radius 2 is 0.931 bits per heavy atom. The topological polar surface area (TPSA) is 92.5 Å². The van der Waals surface area contributed by atoms with Gasteiger partial charge in [-0.1, -0.05) is 60.7 Å². The standard InChI is InChI=1S/C25H20N2O2/c26-23-13-15(28)9-11-21(23)25(22-12-10-16(29)14-24(22)27)19-7-3-1-5-17(19)18-6-2-4-8-20(18)25/h1-14,28-29H,26-27H2. The van der Waals surface area contributed by atoms with Crippen molar-refractivity contribution in [2.45, 2.75) is 5.41 Å². The van der Waals surface area contributed by atoms with Gasteiger partial charge in [0.2, 0.25) is 0 Å². The number of rotatable bonds is 2. The van der Waals surface area contributed by atoms with Crippen LogP contribution in [0.15, 0.2) is 84.9 Å².